The van der Waals surface area contributed by atoms with Gasteiger partial charge in [-0.1, -0.05) is 0 Å². The highest BCUT2D eigenvalue weighted by molar-refractivity contribution is 5.72. The number of hydrogen-bond acceptors (Lipinski definition) is 4. The Morgan fingerprint density at radius 2 is 2.42 bits per heavy atom. The molecule has 0 bridgehead atoms. The summed E-state index contributed by atoms with van der Waals surface area (Å²) in [5, 5.41) is 12.4. The molecule has 1 aliphatic heterocycles. The molecule has 0 fully saturated rings. The number of carboxylic acid groups (broad SMARTS) is 1. The fourth-order valence-electron chi connectivity index (χ4n) is 1.18. The van der Waals surface area contributed by atoms with Crippen molar-refractivity contribution in [2.75, 3.05) is 5.73 Å². The van der Waals surface area contributed by atoms with Gasteiger partial charge in [0, 0.05) is 5.56 Å². The lowest BCUT2D eigenvalue weighted by atomic mass is 10.3. The molecule has 3 N–H and O–H groups in total. The van der Waals surface area contributed by atoms with Gasteiger partial charge >= 0.3 is 6.09 Å². The summed E-state index contributed by atoms with van der Waals surface area (Å²) >= 11 is 0. The van der Waals surface area contributed by atoms with Crippen molar-refractivity contribution >= 4 is 11.9 Å². The maximum Gasteiger partial charge on any atom is 0.434 e. The molecule has 2 heterocycles. The average Bonchev–Trinajstić information content (AvgIpc) is 2.53. The van der Waals surface area contributed by atoms with Gasteiger partial charge in [-0.3, -0.25) is 0 Å². The predicted molar refractivity (Wildman–Crippen MR) is 38.6 cm³/mol. The minimum absolute atomic E-state index is 0.162. The number of carbonyl (C=O) groups is 1. The van der Waals surface area contributed by atoms with Crippen LogP contribution in [0.15, 0.2) is 0 Å². The summed E-state index contributed by atoms with van der Waals surface area (Å²) in [5.74, 6) is 0.162. The molecule has 6 nitrogen and oxygen atoms in total. The number of fused-ring (bicyclic) bond motifs is 1. The van der Waals surface area contributed by atoms with Crippen LogP contribution < -0.4 is 5.73 Å². The molecule has 12 heavy (non-hydrogen) atoms. The van der Waals surface area contributed by atoms with Crippen LogP contribution in [-0.2, 0) is 18.0 Å². The smallest absolute Gasteiger partial charge is 0.434 e. The van der Waals surface area contributed by atoms with E-state index in [0.29, 0.717) is 24.5 Å². The van der Waals surface area contributed by atoms with E-state index in [-0.39, 0.29) is 5.82 Å². The molecule has 0 radical (unpaired) electrons. The van der Waals surface area contributed by atoms with E-state index in [9.17, 15) is 4.79 Å². The Bertz CT molecular complexity index is 344. The van der Waals surface area contributed by atoms with Crippen LogP contribution in [0.4, 0.5) is 10.6 Å². The summed E-state index contributed by atoms with van der Waals surface area (Å²) in [6.45, 7) is 0.703. The Balaban J connectivity index is 2.54. The molecule has 0 aliphatic carbocycles. The van der Waals surface area contributed by atoms with E-state index >= 15 is 0 Å². The molecule has 0 atom stereocenters. The number of rotatable bonds is 0. The number of ether oxygens (including phenoxy) is 1. The van der Waals surface area contributed by atoms with E-state index in [0.717, 1.165) is 4.68 Å². The molecule has 0 amide bonds. The maximum absolute atomic E-state index is 10.5. The highest BCUT2D eigenvalue weighted by Gasteiger charge is 2.23. The van der Waals surface area contributed by atoms with Crippen LogP contribution in [0.2, 0.25) is 0 Å². The van der Waals surface area contributed by atoms with Crippen LogP contribution in [0.1, 0.15) is 11.3 Å². The van der Waals surface area contributed by atoms with Crippen LogP contribution in [0.25, 0.3) is 0 Å². The van der Waals surface area contributed by atoms with Crippen LogP contribution in [0.3, 0.4) is 0 Å². The zero-order valence-electron chi connectivity index (χ0n) is 6.15. The van der Waals surface area contributed by atoms with Crippen molar-refractivity contribution in [1.29, 1.82) is 0 Å². The lowest BCUT2D eigenvalue weighted by molar-refractivity contribution is 0.131. The van der Waals surface area contributed by atoms with Crippen molar-refractivity contribution in [3.63, 3.8) is 0 Å². The van der Waals surface area contributed by atoms with Crippen molar-refractivity contribution in [2.45, 2.75) is 13.2 Å². The van der Waals surface area contributed by atoms with E-state index in [1.807, 2.05) is 0 Å². The topological polar surface area (TPSA) is 90.4 Å². The lowest BCUT2D eigenvalue weighted by Crippen LogP contribution is -2.13. The minimum Gasteiger partial charge on any atom is -0.463 e. The molecule has 1 aromatic heterocycles. The predicted octanol–water partition coefficient (Wildman–Crippen LogP) is 0.0216. The Hall–Kier alpha value is -1.56. The molecule has 0 spiro atoms. The van der Waals surface area contributed by atoms with Gasteiger partial charge in [-0.15, -0.1) is 4.68 Å². The fourth-order valence-corrected chi connectivity index (χ4v) is 1.18. The first-order valence-corrected chi connectivity index (χ1v) is 3.37. The van der Waals surface area contributed by atoms with Gasteiger partial charge in [0.25, 0.3) is 0 Å². The van der Waals surface area contributed by atoms with Gasteiger partial charge in [0.05, 0.1) is 18.9 Å². The molecule has 0 aromatic carbocycles. The van der Waals surface area contributed by atoms with Gasteiger partial charge in [0.2, 0.25) is 0 Å². The second-order valence-corrected chi connectivity index (χ2v) is 2.50. The quantitative estimate of drug-likeness (QED) is 0.571. The van der Waals surface area contributed by atoms with Crippen LogP contribution in [0.5, 0.6) is 0 Å². The number of nitrogen functional groups attached to an aromatic ring is 1. The van der Waals surface area contributed by atoms with E-state index in [4.69, 9.17) is 15.6 Å². The van der Waals surface area contributed by atoms with Gasteiger partial charge in [-0.05, 0) is 0 Å². The molecular weight excluding hydrogens is 162 g/mol. The third-order valence-electron chi connectivity index (χ3n) is 1.77. The second-order valence-electron chi connectivity index (χ2n) is 2.50. The standard InChI is InChI=1S/C6H7N3O3/c7-5-3-1-12-2-4(3)8-9(5)6(10)11/h1-2,7H2,(H,10,11). The maximum atomic E-state index is 10.5. The molecule has 6 heteroatoms. The molecule has 0 unspecified atom stereocenters. The van der Waals surface area contributed by atoms with Crippen LogP contribution in [0, 0.1) is 0 Å². The van der Waals surface area contributed by atoms with Crippen molar-refractivity contribution in [3.05, 3.63) is 11.3 Å². The van der Waals surface area contributed by atoms with Gasteiger partial charge < -0.3 is 15.6 Å². The minimum atomic E-state index is -1.16. The highest BCUT2D eigenvalue weighted by atomic mass is 16.5. The molecule has 0 saturated heterocycles. The molecular formula is C6H7N3O3. The first-order chi connectivity index (χ1) is 5.70. The molecule has 1 aromatic rings. The number of nitrogens with two attached hydrogens (primary N) is 1. The summed E-state index contributed by atoms with van der Waals surface area (Å²) in [6, 6.07) is 0. The lowest BCUT2D eigenvalue weighted by Gasteiger charge is -1.97. The summed E-state index contributed by atoms with van der Waals surface area (Å²) in [7, 11) is 0. The van der Waals surface area contributed by atoms with Crippen molar-refractivity contribution < 1.29 is 14.6 Å². The Kier molecular flexibility index (Phi) is 1.31. The first-order valence-electron chi connectivity index (χ1n) is 3.37. The normalized spacial score (nSPS) is 14.7. The Labute approximate surface area is 67.5 Å². The van der Waals surface area contributed by atoms with Gasteiger partial charge in [-0.2, -0.15) is 5.10 Å². The molecule has 1 aliphatic rings. The number of anilines is 1. The zero-order valence-corrected chi connectivity index (χ0v) is 6.15. The number of hydrogen-bond donors (Lipinski definition) is 2. The third-order valence-corrected chi connectivity index (χ3v) is 1.77. The Morgan fingerprint density at radius 3 is 3.00 bits per heavy atom. The van der Waals surface area contributed by atoms with Gasteiger partial charge in [-0.25, -0.2) is 4.79 Å². The summed E-state index contributed by atoms with van der Waals surface area (Å²) in [6.07, 6.45) is -1.16. The van der Waals surface area contributed by atoms with Crippen molar-refractivity contribution in [1.82, 2.24) is 9.78 Å². The number of nitrogens with zero attached hydrogens (tertiary/aromatic N) is 2. The first kappa shape index (κ1) is 7.11. The molecule has 64 valence electrons. The van der Waals surface area contributed by atoms with Crippen molar-refractivity contribution in [3.8, 4) is 0 Å². The van der Waals surface area contributed by atoms with E-state index in [2.05, 4.69) is 5.10 Å². The van der Waals surface area contributed by atoms with Gasteiger partial charge in [0.15, 0.2) is 0 Å². The largest absolute Gasteiger partial charge is 0.463 e. The average molecular weight is 169 g/mol. The van der Waals surface area contributed by atoms with Gasteiger partial charge in [0.1, 0.15) is 5.82 Å². The molecule has 2 rings (SSSR count). The molecule has 0 saturated carbocycles. The highest BCUT2D eigenvalue weighted by Crippen LogP contribution is 2.24. The SMILES string of the molecule is Nc1c2c(nn1C(=O)O)COC2. The van der Waals surface area contributed by atoms with E-state index < -0.39 is 6.09 Å². The van der Waals surface area contributed by atoms with Crippen molar-refractivity contribution in [2.24, 2.45) is 0 Å². The second kappa shape index (κ2) is 2.21. The van der Waals surface area contributed by atoms with Crippen LogP contribution in [-0.4, -0.2) is 21.0 Å². The summed E-state index contributed by atoms with van der Waals surface area (Å²) < 4.78 is 5.79. The number of aromatic nitrogens is 2. The summed E-state index contributed by atoms with van der Waals surface area (Å²) in [5.41, 5.74) is 6.81. The Morgan fingerprint density at radius 1 is 1.67 bits per heavy atom. The summed E-state index contributed by atoms with van der Waals surface area (Å²) in [4.78, 5) is 10.5. The van der Waals surface area contributed by atoms with E-state index in [1.165, 1.54) is 0 Å². The monoisotopic (exact) mass is 169 g/mol. The third kappa shape index (κ3) is 0.782. The van der Waals surface area contributed by atoms with Crippen LogP contribution >= 0.6 is 0 Å². The fraction of sp³-hybridized carbons (Fsp3) is 0.333. The van der Waals surface area contributed by atoms with E-state index in [1.54, 1.807) is 0 Å². The zero-order chi connectivity index (χ0) is 8.72.